The molecule has 0 aliphatic rings. The molecule has 2 aromatic rings. The van der Waals surface area contributed by atoms with E-state index >= 15 is 0 Å². The molecule has 0 saturated heterocycles. The summed E-state index contributed by atoms with van der Waals surface area (Å²) in [5.41, 5.74) is 9.07. The van der Waals surface area contributed by atoms with Gasteiger partial charge in [-0.2, -0.15) is 0 Å². The quantitative estimate of drug-likeness (QED) is 0.815. The van der Waals surface area contributed by atoms with Crippen molar-refractivity contribution in [2.45, 2.75) is 13.0 Å². The van der Waals surface area contributed by atoms with Gasteiger partial charge in [0.25, 0.3) is 0 Å². The molecular formula is C15H17NO2. The highest BCUT2D eigenvalue weighted by molar-refractivity contribution is 5.60. The van der Waals surface area contributed by atoms with Gasteiger partial charge in [0.05, 0.1) is 12.8 Å². The first kappa shape index (κ1) is 12.5. The summed E-state index contributed by atoms with van der Waals surface area (Å²) in [6.07, 6.45) is -0.736. The lowest BCUT2D eigenvalue weighted by atomic mass is 9.98. The molecular weight excluding hydrogens is 226 g/mol. The number of hydrogen-bond donors (Lipinski definition) is 2. The molecule has 94 valence electrons. The maximum Gasteiger partial charge on any atom is 0.142 e. The third-order valence-electron chi connectivity index (χ3n) is 2.97. The van der Waals surface area contributed by atoms with E-state index in [1.54, 1.807) is 13.2 Å². The molecule has 18 heavy (non-hydrogen) atoms. The maximum absolute atomic E-state index is 10.4. The van der Waals surface area contributed by atoms with Gasteiger partial charge in [-0.05, 0) is 18.6 Å². The SMILES string of the molecule is COc1cccc(C(O)c2cccc(C)c2)c1N. The van der Waals surface area contributed by atoms with Crippen LogP contribution in [0.4, 0.5) is 5.69 Å². The van der Waals surface area contributed by atoms with Gasteiger partial charge < -0.3 is 15.6 Å². The van der Waals surface area contributed by atoms with Gasteiger partial charge in [0.2, 0.25) is 0 Å². The summed E-state index contributed by atoms with van der Waals surface area (Å²) in [7, 11) is 1.56. The molecule has 0 fully saturated rings. The van der Waals surface area contributed by atoms with Gasteiger partial charge in [-0.25, -0.2) is 0 Å². The zero-order valence-corrected chi connectivity index (χ0v) is 10.6. The summed E-state index contributed by atoms with van der Waals surface area (Å²) in [6.45, 7) is 1.99. The number of ether oxygens (including phenoxy) is 1. The molecule has 2 aromatic carbocycles. The Morgan fingerprint density at radius 2 is 1.89 bits per heavy atom. The fourth-order valence-corrected chi connectivity index (χ4v) is 2.00. The lowest BCUT2D eigenvalue weighted by Gasteiger charge is -2.16. The van der Waals surface area contributed by atoms with Crippen molar-refractivity contribution in [2.24, 2.45) is 0 Å². The number of benzene rings is 2. The first-order valence-corrected chi connectivity index (χ1v) is 5.80. The second kappa shape index (κ2) is 5.10. The molecule has 0 aromatic heterocycles. The Balaban J connectivity index is 2.43. The van der Waals surface area contributed by atoms with E-state index in [9.17, 15) is 5.11 Å². The summed E-state index contributed by atoms with van der Waals surface area (Å²) in [4.78, 5) is 0. The molecule has 0 spiro atoms. The average molecular weight is 243 g/mol. The predicted molar refractivity (Wildman–Crippen MR) is 72.6 cm³/mol. The van der Waals surface area contributed by atoms with Crippen LogP contribution >= 0.6 is 0 Å². The normalized spacial score (nSPS) is 12.2. The molecule has 0 amide bonds. The average Bonchev–Trinajstić information content (AvgIpc) is 2.38. The van der Waals surface area contributed by atoms with Crippen LogP contribution in [0.3, 0.4) is 0 Å². The molecule has 0 saturated carbocycles. The maximum atomic E-state index is 10.4. The molecule has 3 heteroatoms. The number of rotatable bonds is 3. The van der Waals surface area contributed by atoms with E-state index in [1.165, 1.54) is 0 Å². The summed E-state index contributed by atoms with van der Waals surface area (Å²) < 4.78 is 5.16. The van der Waals surface area contributed by atoms with Crippen molar-refractivity contribution in [3.63, 3.8) is 0 Å². The lowest BCUT2D eigenvalue weighted by Crippen LogP contribution is -2.05. The van der Waals surface area contributed by atoms with Crippen LogP contribution in [0, 0.1) is 6.92 Å². The minimum absolute atomic E-state index is 0.481. The van der Waals surface area contributed by atoms with Gasteiger partial charge in [0.1, 0.15) is 11.9 Å². The zero-order valence-electron chi connectivity index (χ0n) is 10.6. The van der Waals surface area contributed by atoms with Crippen LogP contribution in [-0.2, 0) is 0 Å². The Kier molecular flexibility index (Phi) is 3.53. The fourth-order valence-electron chi connectivity index (χ4n) is 2.00. The van der Waals surface area contributed by atoms with E-state index in [1.807, 2.05) is 43.3 Å². The molecule has 0 bridgehead atoms. The number of aliphatic hydroxyl groups is 1. The van der Waals surface area contributed by atoms with Crippen LogP contribution in [-0.4, -0.2) is 12.2 Å². The largest absolute Gasteiger partial charge is 0.495 e. The van der Waals surface area contributed by atoms with E-state index in [4.69, 9.17) is 10.5 Å². The summed E-state index contributed by atoms with van der Waals surface area (Å²) in [6, 6.07) is 13.2. The number of aliphatic hydroxyl groups excluding tert-OH is 1. The fraction of sp³-hybridized carbons (Fsp3) is 0.200. The van der Waals surface area contributed by atoms with Crippen molar-refractivity contribution in [3.8, 4) is 5.75 Å². The van der Waals surface area contributed by atoms with Gasteiger partial charge in [0.15, 0.2) is 0 Å². The minimum Gasteiger partial charge on any atom is -0.495 e. The molecule has 0 heterocycles. The number of nitrogen functional groups attached to an aromatic ring is 1. The predicted octanol–water partition coefficient (Wildman–Crippen LogP) is 2.67. The second-order valence-corrected chi connectivity index (χ2v) is 4.28. The number of nitrogens with two attached hydrogens (primary N) is 1. The zero-order chi connectivity index (χ0) is 13.1. The Labute approximate surface area is 107 Å². The number of aryl methyl sites for hydroxylation is 1. The molecule has 2 rings (SSSR count). The first-order chi connectivity index (χ1) is 8.63. The van der Waals surface area contributed by atoms with Crippen LogP contribution in [0.25, 0.3) is 0 Å². The van der Waals surface area contributed by atoms with Crippen molar-refractivity contribution in [1.82, 2.24) is 0 Å². The minimum atomic E-state index is -0.736. The topological polar surface area (TPSA) is 55.5 Å². The Morgan fingerprint density at radius 1 is 1.17 bits per heavy atom. The number of methoxy groups -OCH3 is 1. The highest BCUT2D eigenvalue weighted by atomic mass is 16.5. The van der Waals surface area contributed by atoms with Gasteiger partial charge in [-0.1, -0.05) is 42.0 Å². The Hall–Kier alpha value is -2.00. The molecule has 3 N–H and O–H groups in total. The highest BCUT2D eigenvalue weighted by Gasteiger charge is 2.15. The highest BCUT2D eigenvalue weighted by Crippen LogP contribution is 2.32. The van der Waals surface area contributed by atoms with Crippen molar-refractivity contribution in [2.75, 3.05) is 12.8 Å². The van der Waals surface area contributed by atoms with Gasteiger partial charge in [0, 0.05) is 5.56 Å². The van der Waals surface area contributed by atoms with E-state index in [-0.39, 0.29) is 0 Å². The monoisotopic (exact) mass is 243 g/mol. The van der Waals surface area contributed by atoms with Gasteiger partial charge in [-0.15, -0.1) is 0 Å². The van der Waals surface area contributed by atoms with Crippen LogP contribution in [0.15, 0.2) is 42.5 Å². The second-order valence-electron chi connectivity index (χ2n) is 4.28. The van der Waals surface area contributed by atoms with E-state index in [2.05, 4.69) is 0 Å². The third-order valence-corrected chi connectivity index (χ3v) is 2.97. The Morgan fingerprint density at radius 3 is 2.56 bits per heavy atom. The summed E-state index contributed by atoms with van der Waals surface area (Å²) in [5.74, 6) is 0.583. The summed E-state index contributed by atoms with van der Waals surface area (Å²) >= 11 is 0. The Bertz CT molecular complexity index is 552. The van der Waals surface area contributed by atoms with Crippen LogP contribution < -0.4 is 10.5 Å². The van der Waals surface area contributed by atoms with Crippen LogP contribution in [0.5, 0.6) is 5.75 Å². The van der Waals surface area contributed by atoms with Crippen molar-refractivity contribution in [3.05, 3.63) is 59.2 Å². The van der Waals surface area contributed by atoms with Crippen molar-refractivity contribution >= 4 is 5.69 Å². The van der Waals surface area contributed by atoms with Crippen LogP contribution in [0.2, 0.25) is 0 Å². The molecule has 0 aliphatic carbocycles. The van der Waals surface area contributed by atoms with E-state index < -0.39 is 6.10 Å². The van der Waals surface area contributed by atoms with Gasteiger partial charge >= 0.3 is 0 Å². The molecule has 0 radical (unpaired) electrons. The lowest BCUT2D eigenvalue weighted by molar-refractivity contribution is 0.220. The number of para-hydroxylation sites is 1. The van der Waals surface area contributed by atoms with E-state index in [0.717, 1.165) is 11.1 Å². The molecule has 1 unspecified atom stereocenters. The standard InChI is InChI=1S/C15H17NO2/c1-10-5-3-6-11(9-10)15(17)12-7-4-8-13(18-2)14(12)16/h3-9,15,17H,16H2,1-2H3. The van der Waals surface area contributed by atoms with Gasteiger partial charge in [-0.3, -0.25) is 0 Å². The number of anilines is 1. The number of hydrogen-bond acceptors (Lipinski definition) is 3. The van der Waals surface area contributed by atoms with Crippen molar-refractivity contribution in [1.29, 1.82) is 0 Å². The smallest absolute Gasteiger partial charge is 0.142 e. The summed E-state index contributed by atoms with van der Waals surface area (Å²) in [5, 5.41) is 10.4. The first-order valence-electron chi connectivity index (χ1n) is 5.80. The van der Waals surface area contributed by atoms with Crippen LogP contribution in [0.1, 0.15) is 22.8 Å². The van der Waals surface area contributed by atoms with E-state index in [0.29, 0.717) is 17.0 Å². The molecule has 0 aliphatic heterocycles. The molecule has 1 atom stereocenters. The van der Waals surface area contributed by atoms with Crippen molar-refractivity contribution < 1.29 is 9.84 Å². The molecule has 3 nitrogen and oxygen atoms in total. The third kappa shape index (κ3) is 2.31.